The van der Waals surface area contributed by atoms with Gasteiger partial charge in [-0.2, -0.15) is 0 Å². The van der Waals surface area contributed by atoms with E-state index in [-0.39, 0.29) is 18.0 Å². The molecule has 86 valence electrons. The Morgan fingerprint density at radius 2 is 2.19 bits per heavy atom. The maximum Gasteiger partial charge on any atom is 0.217 e. The molecule has 0 saturated heterocycles. The third-order valence-corrected chi connectivity index (χ3v) is 1.82. The van der Waals surface area contributed by atoms with Crippen molar-refractivity contribution in [3.05, 3.63) is 35.4 Å². The fourth-order valence-corrected chi connectivity index (χ4v) is 1.10. The fraction of sp³-hybridized carbons (Fsp3) is 0.182. The lowest BCUT2D eigenvalue weighted by molar-refractivity contribution is -0.118. The third kappa shape index (κ3) is 3.34. The Bertz CT molecular complexity index is 430. The molecule has 5 heteroatoms. The second-order valence-corrected chi connectivity index (χ2v) is 3.16. The van der Waals surface area contributed by atoms with Gasteiger partial charge in [0, 0.05) is 25.1 Å². The molecule has 0 heterocycles. The summed E-state index contributed by atoms with van der Waals surface area (Å²) in [6.45, 7) is 1.58. The van der Waals surface area contributed by atoms with Crippen LogP contribution in [0.5, 0.6) is 5.75 Å². The monoisotopic (exact) mass is 227 g/mol. The summed E-state index contributed by atoms with van der Waals surface area (Å²) >= 11 is 0. The highest BCUT2D eigenvalue weighted by Crippen LogP contribution is 2.23. The van der Waals surface area contributed by atoms with E-state index in [1.165, 1.54) is 19.1 Å². The van der Waals surface area contributed by atoms with Crippen molar-refractivity contribution in [2.75, 3.05) is 6.54 Å². The molecule has 0 saturated carbocycles. The van der Waals surface area contributed by atoms with Crippen molar-refractivity contribution in [2.24, 2.45) is 0 Å². The molecule has 0 aliphatic carbocycles. The van der Waals surface area contributed by atoms with E-state index in [2.05, 4.69) is 5.32 Å². The highest BCUT2D eigenvalue weighted by molar-refractivity contribution is 5.73. The van der Waals surface area contributed by atoms with Crippen LogP contribution in [0, 0.1) is 11.6 Å². The van der Waals surface area contributed by atoms with Crippen molar-refractivity contribution in [3.63, 3.8) is 0 Å². The number of hydrogen-bond donors (Lipinski definition) is 2. The summed E-state index contributed by atoms with van der Waals surface area (Å²) in [5.74, 6) is -2.60. The second kappa shape index (κ2) is 5.25. The molecule has 1 aromatic carbocycles. The molecule has 16 heavy (non-hydrogen) atoms. The molecule has 0 unspecified atom stereocenters. The molecule has 1 aromatic rings. The number of hydrogen-bond acceptors (Lipinski definition) is 2. The molecular formula is C11H11F2NO2. The molecule has 2 N–H and O–H groups in total. The van der Waals surface area contributed by atoms with E-state index >= 15 is 0 Å². The van der Waals surface area contributed by atoms with Gasteiger partial charge in [-0.05, 0) is 6.07 Å². The number of phenolic OH excluding ortho intramolecular Hbond substituents is 1. The smallest absolute Gasteiger partial charge is 0.217 e. The molecule has 0 fully saturated rings. The summed E-state index contributed by atoms with van der Waals surface area (Å²) in [6, 6.07) is 1.60. The van der Waals surface area contributed by atoms with E-state index in [1.807, 2.05) is 0 Å². The number of rotatable bonds is 3. The van der Waals surface area contributed by atoms with Crippen molar-refractivity contribution >= 4 is 12.0 Å². The van der Waals surface area contributed by atoms with Gasteiger partial charge in [-0.3, -0.25) is 4.79 Å². The Hall–Kier alpha value is -1.91. The summed E-state index contributed by atoms with van der Waals surface area (Å²) in [6.07, 6.45) is 2.81. The van der Waals surface area contributed by atoms with Gasteiger partial charge in [-0.1, -0.05) is 12.2 Å². The van der Waals surface area contributed by atoms with E-state index in [9.17, 15) is 18.7 Å². The summed E-state index contributed by atoms with van der Waals surface area (Å²) in [5.41, 5.74) is 0.0304. The van der Waals surface area contributed by atoms with Gasteiger partial charge in [0.1, 0.15) is 5.82 Å². The molecule has 0 bridgehead atoms. The van der Waals surface area contributed by atoms with Crippen molar-refractivity contribution in [1.29, 1.82) is 0 Å². The van der Waals surface area contributed by atoms with E-state index in [0.717, 1.165) is 6.07 Å². The van der Waals surface area contributed by atoms with Crippen molar-refractivity contribution in [2.45, 2.75) is 6.92 Å². The van der Waals surface area contributed by atoms with Crippen LogP contribution < -0.4 is 5.32 Å². The van der Waals surface area contributed by atoms with Crippen LogP contribution in [-0.4, -0.2) is 17.6 Å². The minimum absolute atomic E-state index is 0.0304. The lowest BCUT2D eigenvalue weighted by Gasteiger charge is -2.01. The van der Waals surface area contributed by atoms with E-state index < -0.39 is 17.4 Å². The predicted molar refractivity (Wildman–Crippen MR) is 55.7 cm³/mol. The first kappa shape index (κ1) is 12.2. The van der Waals surface area contributed by atoms with Crippen LogP contribution in [0.1, 0.15) is 12.5 Å². The Kier molecular flexibility index (Phi) is 3.99. The van der Waals surface area contributed by atoms with Crippen LogP contribution in [0.2, 0.25) is 0 Å². The molecule has 0 aliphatic heterocycles. The van der Waals surface area contributed by atoms with Crippen LogP contribution in [-0.2, 0) is 4.79 Å². The third-order valence-electron chi connectivity index (χ3n) is 1.82. The first-order chi connectivity index (χ1) is 7.50. The molecular weight excluding hydrogens is 216 g/mol. The van der Waals surface area contributed by atoms with E-state index in [0.29, 0.717) is 6.07 Å². The number of benzene rings is 1. The molecule has 3 nitrogen and oxygen atoms in total. The molecule has 0 aromatic heterocycles. The average Bonchev–Trinajstić information content (AvgIpc) is 2.19. The van der Waals surface area contributed by atoms with Crippen molar-refractivity contribution in [3.8, 4) is 5.75 Å². The van der Waals surface area contributed by atoms with Gasteiger partial charge in [0.25, 0.3) is 0 Å². The molecule has 0 radical (unpaired) electrons. The zero-order valence-electron chi connectivity index (χ0n) is 8.63. The lowest BCUT2D eigenvalue weighted by Crippen LogP contribution is -2.19. The van der Waals surface area contributed by atoms with Gasteiger partial charge < -0.3 is 10.4 Å². The molecule has 0 spiro atoms. The summed E-state index contributed by atoms with van der Waals surface area (Å²) in [7, 11) is 0. The quantitative estimate of drug-likeness (QED) is 0.827. The predicted octanol–water partition coefficient (Wildman–Crippen LogP) is 1.82. The Balaban J connectivity index is 2.77. The standard InChI is InChI=1S/C11H11F2NO2/c1-7(15)14-4-2-3-8-5-9(12)6-10(13)11(8)16/h2-3,5-6,16H,4H2,1H3,(H,14,15). The Morgan fingerprint density at radius 1 is 1.50 bits per heavy atom. The largest absolute Gasteiger partial charge is 0.504 e. The number of carbonyl (C=O) groups excluding carboxylic acids is 1. The van der Waals surface area contributed by atoms with E-state index in [4.69, 9.17) is 0 Å². The molecule has 0 atom stereocenters. The maximum atomic E-state index is 12.9. The number of carbonyl (C=O) groups is 1. The first-order valence-corrected chi connectivity index (χ1v) is 4.59. The Morgan fingerprint density at radius 3 is 2.81 bits per heavy atom. The summed E-state index contributed by atoms with van der Waals surface area (Å²) < 4.78 is 25.7. The number of phenols is 1. The number of halogens is 2. The van der Waals surface area contributed by atoms with Crippen LogP contribution in [0.15, 0.2) is 18.2 Å². The lowest BCUT2D eigenvalue weighted by atomic mass is 10.1. The molecule has 0 aliphatic rings. The summed E-state index contributed by atoms with van der Waals surface area (Å²) in [5, 5.41) is 11.7. The van der Waals surface area contributed by atoms with Crippen LogP contribution in [0.3, 0.4) is 0 Å². The van der Waals surface area contributed by atoms with Crippen molar-refractivity contribution in [1.82, 2.24) is 5.32 Å². The minimum Gasteiger partial charge on any atom is -0.504 e. The number of aromatic hydroxyl groups is 1. The van der Waals surface area contributed by atoms with Gasteiger partial charge in [-0.25, -0.2) is 8.78 Å². The van der Waals surface area contributed by atoms with Gasteiger partial charge in [0.2, 0.25) is 5.91 Å². The zero-order chi connectivity index (χ0) is 12.1. The zero-order valence-corrected chi connectivity index (χ0v) is 8.63. The maximum absolute atomic E-state index is 12.9. The van der Waals surface area contributed by atoms with Crippen LogP contribution in [0.4, 0.5) is 8.78 Å². The van der Waals surface area contributed by atoms with Gasteiger partial charge in [0.15, 0.2) is 11.6 Å². The minimum atomic E-state index is -1.01. The van der Waals surface area contributed by atoms with Gasteiger partial charge >= 0.3 is 0 Å². The van der Waals surface area contributed by atoms with Gasteiger partial charge in [-0.15, -0.1) is 0 Å². The normalized spacial score (nSPS) is 10.7. The highest BCUT2D eigenvalue weighted by atomic mass is 19.1. The van der Waals surface area contributed by atoms with Crippen molar-refractivity contribution < 1.29 is 18.7 Å². The van der Waals surface area contributed by atoms with E-state index in [1.54, 1.807) is 0 Å². The molecule has 1 amide bonds. The SMILES string of the molecule is CC(=O)NCC=Cc1cc(F)cc(F)c1O. The Labute approximate surface area is 91.4 Å². The molecule has 1 rings (SSSR count). The topological polar surface area (TPSA) is 49.3 Å². The average molecular weight is 227 g/mol. The fourth-order valence-electron chi connectivity index (χ4n) is 1.10. The van der Waals surface area contributed by atoms with Gasteiger partial charge in [0.05, 0.1) is 0 Å². The first-order valence-electron chi connectivity index (χ1n) is 4.59. The summed E-state index contributed by atoms with van der Waals surface area (Å²) in [4.78, 5) is 10.5. The number of nitrogens with one attached hydrogen (secondary N) is 1. The number of amides is 1. The van der Waals surface area contributed by atoms with Crippen LogP contribution >= 0.6 is 0 Å². The second-order valence-electron chi connectivity index (χ2n) is 3.16. The van der Waals surface area contributed by atoms with Crippen LogP contribution in [0.25, 0.3) is 6.08 Å². The highest BCUT2D eigenvalue weighted by Gasteiger charge is 2.07.